The van der Waals surface area contributed by atoms with Crippen molar-refractivity contribution in [3.63, 3.8) is 0 Å². The molecule has 1 heterocycles. The molecule has 2 heteroatoms. The van der Waals surface area contributed by atoms with Crippen molar-refractivity contribution >= 4 is 0 Å². The first-order chi connectivity index (χ1) is 8.22. The Kier molecular flexibility index (Phi) is 3.52. The summed E-state index contributed by atoms with van der Waals surface area (Å²) in [6, 6.07) is 12.9. The van der Waals surface area contributed by atoms with Crippen molar-refractivity contribution in [2.75, 3.05) is 5.43 Å². The predicted molar refractivity (Wildman–Crippen MR) is 72.8 cm³/mol. The number of hydrogen-bond donors (Lipinski definition) is 1. The Hall–Kier alpha value is -1.70. The fourth-order valence-corrected chi connectivity index (χ4v) is 2.16. The smallest absolute Gasteiger partial charge is 0.0567 e. The van der Waals surface area contributed by atoms with Gasteiger partial charge in [-0.15, -0.1) is 0 Å². The summed E-state index contributed by atoms with van der Waals surface area (Å²) in [5.74, 6) is 0. The minimum atomic E-state index is 0.875. The molecule has 2 aromatic rings. The van der Waals surface area contributed by atoms with Crippen LogP contribution in [0.4, 0.5) is 0 Å². The van der Waals surface area contributed by atoms with E-state index < -0.39 is 0 Å². The van der Waals surface area contributed by atoms with Gasteiger partial charge in [0.25, 0.3) is 0 Å². The molecule has 1 N–H and O–H groups in total. The SMILES string of the molecule is CCc1ccccc1CNn1c(C)ccc1C. The summed E-state index contributed by atoms with van der Waals surface area (Å²) >= 11 is 0. The van der Waals surface area contributed by atoms with E-state index in [9.17, 15) is 0 Å². The maximum atomic E-state index is 3.47. The van der Waals surface area contributed by atoms with Gasteiger partial charge < -0.3 is 5.43 Å². The normalized spacial score (nSPS) is 10.5. The highest BCUT2D eigenvalue weighted by molar-refractivity contribution is 5.28. The van der Waals surface area contributed by atoms with Gasteiger partial charge in [-0.2, -0.15) is 0 Å². The Morgan fingerprint density at radius 3 is 2.12 bits per heavy atom. The molecular weight excluding hydrogens is 208 g/mol. The lowest BCUT2D eigenvalue weighted by molar-refractivity contribution is 0.787. The van der Waals surface area contributed by atoms with Crippen molar-refractivity contribution < 1.29 is 0 Å². The van der Waals surface area contributed by atoms with E-state index in [0.717, 1.165) is 13.0 Å². The Morgan fingerprint density at radius 2 is 1.53 bits per heavy atom. The molecule has 0 aliphatic rings. The third-order valence-corrected chi connectivity index (χ3v) is 3.20. The zero-order valence-corrected chi connectivity index (χ0v) is 10.8. The summed E-state index contributed by atoms with van der Waals surface area (Å²) < 4.78 is 2.15. The first kappa shape index (κ1) is 11.8. The second-order valence-electron chi connectivity index (χ2n) is 4.41. The maximum absolute atomic E-state index is 3.47. The second-order valence-corrected chi connectivity index (χ2v) is 4.41. The number of nitrogens with one attached hydrogen (secondary N) is 1. The maximum Gasteiger partial charge on any atom is 0.0567 e. The second kappa shape index (κ2) is 5.09. The average molecular weight is 228 g/mol. The lowest BCUT2D eigenvalue weighted by atomic mass is 10.1. The standard InChI is InChI=1S/C15H20N2/c1-4-14-7-5-6-8-15(14)11-16-17-12(2)9-10-13(17)3/h5-10,16H,4,11H2,1-3H3. The Bertz CT molecular complexity index is 478. The van der Waals surface area contributed by atoms with E-state index in [4.69, 9.17) is 0 Å². The van der Waals surface area contributed by atoms with Crippen LogP contribution in [-0.4, -0.2) is 4.68 Å². The van der Waals surface area contributed by atoms with Crippen LogP contribution < -0.4 is 5.43 Å². The molecule has 0 saturated carbocycles. The molecule has 0 radical (unpaired) electrons. The number of aromatic nitrogens is 1. The molecule has 1 aromatic carbocycles. The van der Waals surface area contributed by atoms with Crippen LogP contribution in [0, 0.1) is 13.8 Å². The molecule has 2 rings (SSSR count). The molecule has 17 heavy (non-hydrogen) atoms. The Labute approximate surface area is 103 Å². The molecule has 0 spiro atoms. The van der Waals surface area contributed by atoms with E-state index in [-0.39, 0.29) is 0 Å². The Morgan fingerprint density at radius 1 is 0.941 bits per heavy atom. The zero-order valence-electron chi connectivity index (χ0n) is 10.8. The van der Waals surface area contributed by atoms with Gasteiger partial charge in [-0.1, -0.05) is 31.2 Å². The summed E-state index contributed by atoms with van der Waals surface area (Å²) in [4.78, 5) is 0. The number of benzene rings is 1. The van der Waals surface area contributed by atoms with Gasteiger partial charge in [0.15, 0.2) is 0 Å². The molecule has 0 fully saturated rings. The lowest BCUT2D eigenvalue weighted by Crippen LogP contribution is -2.17. The van der Waals surface area contributed by atoms with E-state index in [0.29, 0.717) is 0 Å². The molecule has 0 atom stereocenters. The highest BCUT2D eigenvalue weighted by Gasteiger charge is 2.02. The highest BCUT2D eigenvalue weighted by Crippen LogP contribution is 2.11. The van der Waals surface area contributed by atoms with Crippen LogP contribution in [0.1, 0.15) is 29.4 Å². The molecule has 0 aliphatic carbocycles. The van der Waals surface area contributed by atoms with Crippen LogP contribution in [0.2, 0.25) is 0 Å². The van der Waals surface area contributed by atoms with Crippen molar-refractivity contribution in [3.8, 4) is 0 Å². The number of nitrogens with zero attached hydrogens (tertiary/aromatic N) is 1. The van der Waals surface area contributed by atoms with E-state index in [2.05, 4.69) is 67.3 Å². The largest absolute Gasteiger partial charge is 0.322 e. The van der Waals surface area contributed by atoms with Gasteiger partial charge in [0.1, 0.15) is 0 Å². The topological polar surface area (TPSA) is 17.0 Å². The van der Waals surface area contributed by atoms with Crippen LogP contribution in [0.5, 0.6) is 0 Å². The molecule has 0 unspecified atom stereocenters. The van der Waals surface area contributed by atoms with Crippen LogP contribution in [0.25, 0.3) is 0 Å². The van der Waals surface area contributed by atoms with Gasteiger partial charge in [-0.25, -0.2) is 0 Å². The summed E-state index contributed by atoms with van der Waals surface area (Å²) in [5, 5.41) is 0. The fourth-order valence-electron chi connectivity index (χ4n) is 2.16. The predicted octanol–water partition coefficient (Wildman–Crippen LogP) is 3.41. The van der Waals surface area contributed by atoms with E-state index in [1.54, 1.807) is 0 Å². The van der Waals surface area contributed by atoms with Crippen molar-refractivity contribution in [1.29, 1.82) is 0 Å². The fraction of sp³-hybridized carbons (Fsp3) is 0.333. The summed E-state index contributed by atoms with van der Waals surface area (Å²) in [6.07, 6.45) is 1.08. The molecule has 0 amide bonds. The van der Waals surface area contributed by atoms with Crippen LogP contribution in [-0.2, 0) is 13.0 Å². The third-order valence-electron chi connectivity index (χ3n) is 3.20. The number of aryl methyl sites for hydroxylation is 3. The van der Waals surface area contributed by atoms with Gasteiger partial charge in [-0.3, -0.25) is 4.68 Å². The van der Waals surface area contributed by atoms with Crippen molar-refractivity contribution in [1.82, 2.24) is 4.68 Å². The van der Waals surface area contributed by atoms with Gasteiger partial charge in [-0.05, 0) is 43.5 Å². The van der Waals surface area contributed by atoms with Gasteiger partial charge in [0.05, 0.1) is 6.54 Å². The highest BCUT2D eigenvalue weighted by atomic mass is 15.4. The van der Waals surface area contributed by atoms with Gasteiger partial charge in [0.2, 0.25) is 0 Å². The van der Waals surface area contributed by atoms with Gasteiger partial charge >= 0.3 is 0 Å². The molecule has 0 saturated heterocycles. The minimum Gasteiger partial charge on any atom is -0.322 e. The first-order valence-electron chi connectivity index (χ1n) is 6.18. The summed E-state index contributed by atoms with van der Waals surface area (Å²) in [7, 11) is 0. The van der Waals surface area contributed by atoms with Crippen LogP contribution >= 0.6 is 0 Å². The molecule has 90 valence electrons. The Balaban J connectivity index is 2.12. The summed E-state index contributed by atoms with van der Waals surface area (Å²) in [5.41, 5.74) is 8.76. The van der Waals surface area contributed by atoms with Crippen LogP contribution in [0.3, 0.4) is 0 Å². The van der Waals surface area contributed by atoms with E-state index in [1.807, 2.05) is 0 Å². The molecule has 2 nitrogen and oxygen atoms in total. The van der Waals surface area contributed by atoms with E-state index in [1.165, 1.54) is 22.5 Å². The minimum absolute atomic E-state index is 0.875. The number of rotatable bonds is 4. The van der Waals surface area contributed by atoms with Crippen molar-refractivity contribution in [2.24, 2.45) is 0 Å². The van der Waals surface area contributed by atoms with Gasteiger partial charge in [0, 0.05) is 11.4 Å². The molecule has 0 aliphatic heterocycles. The molecule has 0 bridgehead atoms. The lowest BCUT2D eigenvalue weighted by Gasteiger charge is -2.14. The van der Waals surface area contributed by atoms with Crippen LogP contribution in [0.15, 0.2) is 36.4 Å². The summed E-state index contributed by atoms with van der Waals surface area (Å²) in [6.45, 7) is 7.31. The monoisotopic (exact) mass is 228 g/mol. The van der Waals surface area contributed by atoms with Crippen molar-refractivity contribution in [2.45, 2.75) is 33.7 Å². The van der Waals surface area contributed by atoms with E-state index >= 15 is 0 Å². The first-order valence-corrected chi connectivity index (χ1v) is 6.18. The third kappa shape index (κ3) is 2.52. The number of hydrogen-bond acceptors (Lipinski definition) is 1. The van der Waals surface area contributed by atoms with Crippen molar-refractivity contribution in [3.05, 3.63) is 58.9 Å². The zero-order chi connectivity index (χ0) is 12.3. The quantitative estimate of drug-likeness (QED) is 0.848. The average Bonchev–Trinajstić information content (AvgIpc) is 2.67. The molecule has 1 aromatic heterocycles. The molecular formula is C15H20N2.